The van der Waals surface area contributed by atoms with E-state index in [2.05, 4.69) is 16.5 Å². The number of ether oxygens (including phenoxy) is 1. The third-order valence-electron chi connectivity index (χ3n) is 6.85. The van der Waals surface area contributed by atoms with E-state index < -0.39 is 0 Å². The number of hydrogen-bond acceptors (Lipinski definition) is 6. The molecule has 3 heterocycles. The smallest absolute Gasteiger partial charge is 0.245 e. The standard InChI is InChI=1S/C28H29N5O2/c1-2-25(34)33-14-6-7-20(17-33)21-15-24-26(28(29)32-18-31-24)27(30-16-21)19-10-12-23(13-11-19)35-22-8-4-3-5-9-22/h2-5,8-13,18,20-21H,1,6-7,14-17H2,(H2,29,31,32)/t20-,21?/m1/s1. The molecule has 1 amide bonds. The van der Waals surface area contributed by atoms with Crippen molar-refractivity contribution in [3.05, 3.63) is 90.4 Å². The van der Waals surface area contributed by atoms with Crippen LogP contribution in [0, 0.1) is 11.8 Å². The zero-order valence-electron chi connectivity index (χ0n) is 19.6. The molecule has 0 radical (unpaired) electrons. The zero-order chi connectivity index (χ0) is 24.2. The number of carbonyl (C=O) groups excluding carboxylic acids is 1. The molecule has 1 saturated heterocycles. The second-order valence-corrected chi connectivity index (χ2v) is 9.06. The molecule has 5 rings (SSSR count). The van der Waals surface area contributed by atoms with Crippen LogP contribution < -0.4 is 10.5 Å². The van der Waals surface area contributed by atoms with Crippen molar-refractivity contribution in [3.8, 4) is 11.5 Å². The van der Waals surface area contributed by atoms with E-state index in [9.17, 15) is 4.79 Å². The molecule has 0 aliphatic carbocycles. The Morgan fingerprint density at radius 1 is 1.06 bits per heavy atom. The van der Waals surface area contributed by atoms with Gasteiger partial charge in [0.2, 0.25) is 5.91 Å². The lowest BCUT2D eigenvalue weighted by Gasteiger charge is -2.36. The quantitative estimate of drug-likeness (QED) is 0.565. The lowest BCUT2D eigenvalue weighted by molar-refractivity contribution is -0.128. The predicted octanol–water partition coefficient (Wildman–Crippen LogP) is 4.29. The van der Waals surface area contributed by atoms with E-state index in [0.29, 0.717) is 18.3 Å². The van der Waals surface area contributed by atoms with E-state index in [4.69, 9.17) is 15.5 Å². The van der Waals surface area contributed by atoms with Crippen LogP contribution in [0.1, 0.15) is 29.7 Å². The minimum atomic E-state index is -0.00251. The number of amides is 1. The van der Waals surface area contributed by atoms with E-state index in [1.165, 1.54) is 12.4 Å². The molecule has 0 saturated carbocycles. The molecular formula is C28H29N5O2. The molecule has 2 aromatic carbocycles. The van der Waals surface area contributed by atoms with E-state index in [1.807, 2.05) is 59.5 Å². The van der Waals surface area contributed by atoms with Crippen molar-refractivity contribution in [2.75, 3.05) is 25.4 Å². The van der Waals surface area contributed by atoms with Gasteiger partial charge in [-0.1, -0.05) is 24.8 Å². The molecular weight excluding hydrogens is 438 g/mol. The fraction of sp³-hybridized carbons (Fsp3) is 0.286. The van der Waals surface area contributed by atoms with Gasteiger partial charge in [0.1, 0.15) is 23.6 Å². The number of nitrogens with two attached hydrogens (primary N) is 1. The summed E-state index contributed by atoms with van der Waals surface area (Å²) < 4.78 is 5.95. The molecule has 1 unspecified atom stereocenters. The van der Waals surface area contributed by atoms with Gasteiger partial charge in [0, 0.05) is 25.2 Å². The average Bonchev–Trinajstić information content (AvgIpc) is 3.10. The Balaban J connectivity index is 1.42. The molecule has 7 heteroatoms. The summed E-state index contributed by atoms with van der Waals surface area (Å²) in [6, 6.07) is 17.6. The van der Waals surface area contributed by atoms with Crippen LogP contribution in [0.4, 0.5) is 5.82 Å². The number of likely N-dealkylation sites (tertiary alicyclic amines) is 1. The first-order chi connectivity index (χ1) is 17.1. The molecule has 1 fully saturated rings. The normalized spacial score (nSPS) is 19.8. The minimum absolute atomic E-state index is 0.00251. The second kappa shape index (κ2) is 10.1. The SMILES string of the molecule is C=CC(=O)N1CCC[C@@H](C2CN=C(c3ccc(Oc4ccccc4)cc3)c3c(N)ncnc3C2)C1. The Kier molecular flexibility index (Phi) is 6.57. The Bertz CT molecular complexity index is 1240. The minimum Gasteiger partial charge on any atom is -0.457 e. The third kappa shape index (κ3) is 4.94. The molecule has 178 valence electrons. The topological polar surface area (TPSA) is 93.7 Å². The van der Waals surface area contributed by atoms with Gasteiger partial charge in [0.15, 0.2) is 0 Å². The molecule has 0 spiro atoms. The van der Waals surface area contributed by atoms with Gasteiger partial charge in [0.05, 0.1) is 17.0 Å². The lowest BCUT2D eigenvalue weighted by atomic mass is 9.82. The third-order valence-corrected chi connectivity index (χ3v) is 6.85. The van der Waals surface area contributed by atoms with Crippen LogP contribution >= 0.6 is 0 Å². The molecule has 2 aliphatic rings. The van der Waals surface area contributed by atoms with Crippen LogP contribution in [0.15, 0.2) is 78.6 Å². The summed E-state index contributed by atoms with van der Waals surface area (Å²) in [5.41, 5.74) is 9.83. The first kappa shape index (κ1) is 22.8. The van der Waals surface area contributed by atoms with Crippen molar-refractivity contribution in [3.63, 3.8) is 0 Å². The fourth-order valence-electron chi connectivity index (χ4n) is 5.03. The highest BCUT2D eigenvalue weighted by Gasteiger charge is 2.32. The number of hydrogen-bond donors (Lipinski definition) is 1. The van der Waals surface area contributed by atoms with E-state index >= 15 is 0 Å². The number of piperidine rings is 1. The monoisotopic (exact) mass is 467 g/mol. The first-order valence-corrected chi connectivity index (χ1v) is 12.0. The summed E-state index contributed by atoms with van der Waals surface area (Å²) in [7, 11) is 0. The molecule has 2 atom stereocenters. The first-order valence-electron chi connectivity index (χ1n) is 12.0. The number of aliphatic imine (C=N–C) groups is 1. The second-order valence-electron chi connectivity index (χ2n) is 9.06. The number of para-hydroxylation sites is 1. The number of benzene rings is 2. The summed E-state index contributed by atoms with van der Waals surface area (Å²) in [4.78, 5) is 28.0. The maximum absolute atomic E-state index is 12.2. The predicted molar refractivity (Wildman–Crippen MR) is 137 cm³/mol. The number of anilines is 1. The highest BCUT2D eigenvalue weighted by atomic mass is 16.5. The molecule has 2 aliphatic heterocycles. The molecule has 2 N–H and O–H groups in total. The van der Waals surface area contributed by atoms with Crippen LogP contribution in [0.2, 0.25) is 0 Å². The molecule has 7 nitrogen and oxygen atoms in total. The zero-order valence-corrected chi connectivity index (χ0v) is 19.6. The molecule has 3 aromatic rings. The number of aromatic nitrogens is 2. The number of rotatable bonds is 5. The van der Waals surface area contributed by atoms with Crippen LogP contribution in [0.5, 0.6) is 11.5 Å². The van der Waals surface area contributed by atoms with Crippen LogP contribution in [0.3, 0.4) is 0 Å². The summed E-state index contributed by atoms with van der Waals surface area (Å²) in [5, 5.41) is 0. The summed E-state index contributed by atoms with van der Waals surface area (Å²) in [6.07, 6.45) is 5.74. The van der Waals surface area contributed by atoms with Crippen molar-refractivity contribution in [2.24, 2.45) is 16.8 Å². The van der Waals surface area contributed by atoms with Gasteiger partial charge in [-0.2, -0.15) is 0 Å². The van der Waals surface area contributed by atoms with Gasteiger partial charge >= 0.3 is 0 Å². The summed E-state index contributed by atoms with van der Waals surface area (Å²) >= 11 is 0. The van der Waals surface area contributed by atoms with Crippen LogP contribution in [-0.2, 0) is 11.2 Å². The lowest BCUT2D eigenvalue weighted by Crippen LogP contribution is -2.42. The number of fused-ring (bicyclic) bond motifs is 1. The van der Waals surface area contributed by atoms with Crippen molar-refractivity contribution >= 4 is 17.4 Å². The Morgan fingerprint density at radius 2 is 1.83 bits per heavy atom. The highest BCUT2D eigenvalue weighted by Crippen LogP contribution is 2.32. The summed E-state index contributed by atoms with van der Waals surface area (Å²) in [5.74, 6) is 2.58. The van der Waals surface area contributed by atoms with E-state index in [0.717, 1.165) is 66.4 Å². The number of nitrogen functional groups attached to an aromatic ring is 1. The van der Waals surface area contributed by atoms with E-state index in [1.54, 1.807) is 0 Å². The molecule has 35 heavy (non-hydrogen) atoms. The Hall–Kier alpha value is -4.00. The van der Waals surface area contributed by atoms with Crippen molar-refractivity contribution in [1.29, 1.82) is 0 Å². The van der Waals surface area contributed by atoms with Crippen molar-refractivity contribution in [1.82, 2.24) is 14.9 Å². The molecule has 1 aromatic heterocycles. The van der Waals surface area contributed by atoms with E-state index in [-0.39, 0.29) is 11.8 Å². The fourth-order valence-corrected chi connectivity index (χ4v) is 5.03. The van der Waals surface area contributed by atoms with Gasteiger partial charge in [-0.15, -0.1) is 0 Å². The average molecular weight is 468 g/mol. The van der Waals surface area contributed by atoms with Crippen molar-refractivity contribution in [2.45, 2.75) is 19.3 Å². The van der Waals surface area contributed by atoms with Gasteiger partial charge in [-0.25, -0.2) is 9.97 Å². The summed E-state index contributed by atoms with van der Waals surface area (Å²) in [6.45, 7) is 5.80. The number of nitrogens with zero attached hydrogens (tertiary/aromatic N) is 4. The maximum atomic E-state index is 12.2. The van der Waals surface area contributed by atoms with Gasteiger partial charge in [0.25, 0.3) is 0 Å². The number of carbonyl (C=O) groups is 1. The Labute approximate surface area is 205 Å². The maximum Gasteiger partial charge on any atom is 0.245 e. The van der Waals surface area contributed by atoms with Crippen LogP contribution in [-0.4, -0.2) is 46.1 Å². The van der Waals surface area contributed by atoms with Gasteiger partial charge < -0.3 is 15.4 Å². The van der Waals surface area contributed by atoms with Crippen molar-refractivity contribution < 1.29 is 9.53 Å². The highest BCUT2D eigenvalue weighted by molar-refractivity contribution is 6.16. The largest absolute Gasteiger partial charge is 0.457 e. The van der Waals surface area contributed by atoms with Gasteiger partial charge in [-0.05, 0) is 73.6 Å². The molecule has 0 bridgehead atoms. The Morgan fingerprint density at radius 3 is 2.60 bits per heavy atom. The van der Waals surface area contributed by atoms with Gasteiger partial charge in [-0.3, -0.25) is 9.79 Å². The van der Waals surface area contributed by atoms with Crippen LogP contribution in [0.25, 0.3) is 0 Å².